The fourth-order valence-electron chi connectivity index (χ4n) is 1.42. The van der Waals surface area contributed by atoms with E-state index in [-0.39, 0.29) is 0 Å². The molecule has 0 amide bonds. The molecule has 0 aliphatic rings. The van der Waals surface area contributed by atoms with Gasteiger partial charge in [-0.3, -0.25) is 0 Å². The van der Waals surface area contributed by atoms with Crippen molar-refractivity contribution >= 4 is 50.2 Å². The molecule has 1 unspecified atom stereocenters. The number of hydrogen-bond acceptors (Lipinski definition) is 3. The Kier molecular flexibility index (Phi) is 4.08. The van der Waals surface area contributed by atoms with Gasteiger partial charge in [0.25, 0.3) is 0 Å². The van der Waals surface area contributed by atoms with Gasteiger partial charge < -0.3 is 5.11 Å². The van der Waals surface area contributed by atoms with Gasteiger partial charge in [-0.2, -0.15) is 0 Å². The van der Waals surface area contributed by atoms with E-state index in [0.29, 0.717) is 11.4 Å². The Balaban J connectivity index is 2.14. The molecule has 5 heteroatoms. The summed E-state index contributed by atoms with van der Waals surface area (Å²) in [5.41, 5.74) is 1.04. The second-order valence-corrected chi connectivity index (χ2v) is 6.75. The maximum Gasteiger partial charge on any atom is 0.0945 e. The Labute approximate surface area is 116 Å². The van der Waals surface area contributed by atoms with E-state index in [1.807, 2.05) is 23.8 Å². The van der Waals surface area contributed by atoms with Crippen molar-refractivity contribution in [3.8, 4) is 0 Å². The predicted octanol–water partition coefficient (Wildman–Crippen LogP) is 4.81. The first-order valence-electron chi connectivity index (χ1n) is 4.72. The minimum absolute atomic E-state index is 0.503. The lowest BCUT2D eigenvalue weighted by Crippen LogP contribution is -1.98. The molecule has 2 aromatic heterocycles. The minimum atomic E-state index is -0.503. The van der Waals surface area contributed by atoms with Crippen molar-refractivity contribution in [3.63, 3.8) is 0 Å². The number of aliphatic hydroxyl groups excluding tert-OH is 1. The fourth-order valence-corrected chi connectivity index (χ4v) is 4.21. The molecule has 2 heterocycles. The van der Waals surface area contributed by atoms with Crippen molar-refractivity contribution in [3.05, 3.63) is 41.6 Å². The summed E-state index contributed by atoms with van der Waals surface area (Å²) in [7, 11) is 0. The molecule has 0 saturated carbocycles. The first-order valence-corrected chi connectivity index (χ1v) is 7.65. The number of rotatable bonds is 3. The minimum Gasteiger partial charge on any atom is -0.387 e. The molecule has 0 saturated heterocycles. The van der Waals surface area contributed by atoms with Gasteiger partial charge >= 0.3 is 0 Å². The SMILES string of the molecule is Cc1csc(C(O)Cc2cc(Br)cs2)c1Cl. The zero-order valence-corrected chi connectivity index (χ0v) is 12.5. The van der Waals surface area contributed by atoms with E-state index in [0.717, 1.165) is 19.8 Å². The third kappa shape index (κ3) is 2.68. The van der Waals surface area contributed by atoms with Crippen LogP contribution in [0.3, 0.4) is 0 Å². The number of thiophene rings is 2. The Morgan fingerprint density at radius 2 is 2.19 bits per heavy atom. The molecule has 0 radical (unpaired) electrons. The van der Waals surface area contributed by atoms with Gasteiger partial charge in [0.2, 0.25) is 0 Å². The maximum atomic E-state index is 10.1. The molecule has 86 valence electrons. The first-order chi connectivity index (χ1) is 7.58. The Morgan fingerprint density at radius 3 is 2.69 bits per heavy atom. The van der Waals surface area contributed by atoms with Crippen molar-refractivity contribution in [1.82, 2.24) is 0 Å². The summed E-state index contributed by atoms with van der Waals surface area (Å²) in [5, 5.41) is 14.8. The summed E-state index contributed by atoms with van der Waals surface area (Å²) in [5.74, 6) is 0. The molecular weight excluding hydrogens is 328 g/mol. The zero-order valence-electron chi connectivity index (χ0n) is 8.54. The zero-order chi connectivity index (χ0) is 11.7. The third-order valence-corrected chi connectivity index (χ3v) is 5.78. The van der Waals surface area contributed by atoms with E-state index in [2.05, 4.69) is 15.9 Å². The molecule has 0 aromatic carbocycles. The van der Waals surface area contributed by atoms with Crippen molar-refractivity contribution < 1.29 is 5.11 Å². The number of halogens is 2. The maximum absolute atomic E-state index is 10.1. The van der Waals surface area contributed by atoms with Crippen LogP contribution in [0.4, 0.5) is 0 Å². The standard InChI is InChI=1S/C11H10BrClOS2/c1-6-4-16-11(10(6)13)9(14)3-8-2-7(12)5-15-8/h2,4-5,9,14H,3H2,1H3. The fraction of sp³-hybridized carbons (Fsp3) is 0.273. The molecule has 0 spiro atoms. The van der Waals surface area contributed by atoms with Gasteiger partial charge in [0.1, 0.15) is 0 Å². The summed E-state index contributed by atoms with van der Waals surface area (Å²) in [6.07, 6.45) is 0.118. The Bertz CT molecular complexity index is 492. The molecule has 2 rings (SSSR count). The van der Waals surface area contributed by atoms with E-state index in [4.69, 9.17) is 11.6 Å². The van der Waals surface area contributed by atoms with Crippen LogP contribution in [0.5, 0.6) is 0 Å². The van der Waals surface area contributed by atoms with Crippen molar-refractivity contribution in [2.45, 2.75) is 19.4 Å². The van der Waals surface area contributed by atoms with E-state index < -0.39 is 6.10 Å². The largest absolute Gasteiger partial charge is 0.387 e. The van der Waals surface area contributed by atoms with E-state index >= 15 is 0 Å². The summed E-state index contributed by atoms with van der Waals surface area (Å²) in [6.45, 7) is 1.96. The molecule has 0 aliphatic heterocycles. The summed E-state index contributed by atoms with van der Waals surface area (Å²) < 4.78 is 1.06. The highest BCUT2D eigenvalue weighted by Crippen LogP contribution is 2.35. The van der Waals surface area contributed by atoms with Crippen LogP contribution in [0.15, 0.2) is 21.3 Å². The van der Waals surface area contributed by atoms with Crippen LogP contribution >= 0.6 is 50.2 Å². The van der Waals surface area contributed by atoms with Crippen LogP contribution < -0.4 is 0 Å². The van der Waals surface area contributed by atoms with Crippen LogP contribution in [-0.4, -0.2) is 5.11 Å². The lowest BCUT2D eigenvalue weighted by Gasteiger charge is -2.07. The van der Waals surface area contributed by atoms with Gasteiger partial charge in [-0.25, -0.2) is 0 Å². The van der Waals surface area contributed by atoms with Gasteiger partial charge in [-0.1, -0.05) is 11.6 Å². The summed E-state index contributed by atoms with van der Waals surface area (Å²) in [6, 6.07) is 2.03. The average Bonchev–Trinajstić information content (AvgIpc) is 2.76. The van der Waals surface area contributed by atoms with Crippen LogP contribution in [0.2, 0.25) is 5.02 Å². The molecule has 1 atom stereocenters. The second-order valence-electron chi connectivity index (χ2n) is 3.55. The van der Waals surface area contributed by atoms with Crippen molar-refractivity contribution in [2.75, 3.05) is 0 Å². The van der Waals surface area contributed by atoms with Crippen molar-refractivity contribution in [2.24, 2.45) is 0 Å². The third-order valence-electron chi connectivity index (χ3n) is 2.24. The van der Waals surface area contributed by atoms with Gasteiger partial charge in [-0.15, -0.1) is 22.7 Å². The van der Waals surface area contributed by atoms with E-state index in [9.17, 15) is 5.11 Å². The number of aryl methyl sites for hydroxylation is 1. The number of hydrogen-bond donors (Lipinski definition) is 1. The molecule has 0 fully saturated rings. The monoisotopic (exact) mass is 336 g/mol. The molecule has 16 heavy (non-hydrogen) atoms. The van der Waals surface area contributed by atoms with Crippen LogP contribution in [0.1, 0.15) is 21.4 Å². The molecule has 1 N–H and O–H groups in total. The topological polar surface area (TPSA) is 20.2 Å². The molecule has 1 nitrogen and oxygen atoms in total. The van der Waals surface area contributed by atoms with Crippen LogP contribution in [0.25, 0.3) is 0 Å². The first kappa shape index (κ1) is 12.6. The smallest absolute Gasteiger partial charge is 0.0945 e. The van der Waals surface area contributed by atoms with Gasteiger partial charge in [0.15, 0.2) is 0 Å². The quantitative estimate of drug-likeness (QED) is 0.852. The second kappa shape index (κ2) is 5.19. The highest BCUT2D eigenvalue weighted by Gasteiger charge is 2.16. The van der Waals surface area contributed by atoms with E-state index in [1.54, 1.807) is 11.3 Å². The lowest BCUT2D eigenvalue weighted by atomic mass is 10.2. The summed E-state index contributed by atoms with van der Waals surface area (Å²) >= 11 is 12.7. The molecule has 0 bridgehead atoms. The normalized spacial score (nSPS) is 13.0. The van der Waals surface area contributed by atoms with Crippen LogP contribution in [-0.2, 0) is 6.42 Å². The Hall–Kier alpha value is 0.130. The van der Waals surface area contributed by atoms with Gasteiger partial charge in [-0.05, 0) is 39.9 Å². The van der Waals surface area contributed by atoms with Gasteiger partial charge in [0, 0.05) is 21.2 Å². The highest BCUT2D eigenvalue weighted by molar-refractivity contribution is 9.10. The predicted molar refractivity (Wildman–Crippen MR) is 74.7 cm³/mol. The number of aliphatic hydroxyl groups is 1. The molecule has 0 aliphatic carbocycles. The van der Waals surface area contributed by atoms with Crippen LogP contribution in [0, 0.1) is 6.92 Å². The molecule has 2 aromatic rings. The Morgan fingerprint density at radius 1 is 1.44 bits per heavy atom. The summed E-state index contributed by atoms with van der Waals surface area (Å²) in [4.78, 5) is 2.02. The highest BCUT2D eigenvalue weighted by atomic mass is 79.9. The van der Waals surface area contributed by atoms with Gasteiger partial charge in [0.05, 0.1) is 16.0 Å². The average molecular weight is 338 g/mol. The van der Waals surface area contributed by atoms with E-state index in [1.165, 1.54) is 11.3 Å². The lowest BCUT2D eigenvalue weighted by molar-refractivity contribution is 0.183. The molecular formula is C11H10BrClOS2. The van der Waals surface area contributed by atoms with Crippen molar-refractivity contribution in [1.29, 1.82) is 0 Å².